The number of ether oxygens (including phenoxy) is 4. The molecule has 0 saturated heterocycles. The molecular weight excluding hydrogens is 633 g/mol. The summed E-state index contributed by atoms with van der Waals surface area (Å²) in [5.74, 6) is -0.522. The molecule has 0 aliphatic heterocycles. The zero-order valence-electron chi connectivity index (χ0n) is 25.7. The van der Waals surface area contributed by atoms with E-state index in [0.29, 0.717) is 12.2 Å². The second-order valence-electron chi connectivity index (χ2n) is 11.6. The van der Waals surface area contributed by atoms with Crippen LogP contribution in [0, 0.1) is 22.7 Å². The Hall–Kier alpha value is -1.31. The zero-order chi connectivity index (χ0) is 32.5. The number of thioether (sulfide) groups is 1. The van der Waals surface area contributed by atoms with Crippen LogP contribution in [0.4, 0.5) is 0 Å². The molecule has 0 spiro atoms. The standard InChI is InChI=1S/C30H48O9S4/c1-21-6-5-11-29(3,4)28(21)23(31)16-22(2)43-15-10-27(35)39-20-30(17-36-24(32)7-12-40,18-37-25(33)8-13-41)19-38-26(34)9-14-42/h5-6,21-22,28,40-42H,7-20H2,1-4H3. The topological polar surface area (TPSA) is 122 Å². The first-order chi connectivity index (χ1) is 20.3. The Balaban J connectivity index is 2.80. The lowest BCUT2D eigenvalue weighted by atomic mass is 9.65. The van der Waals surface area contributed by atoms with Gasteiger partial charge in [-0.2, -0.15) is 49.6 Å². The summed E-state index contributed by atoms with van der Waals surface area (Å²) in [5.41, 5.74) is -1.40. The maximum absolute atomic E-state index is 13.1. The summed E-state index contributed by atoms with van der Waals surface area (Å²) in [4.78, 5) is 62.2. The van der Waals surface area contributed by atoms with Crippen molar-refractivity contribution >= 4 is 79.3 Å². The number of hydrogen-bond acceptors (Lipinski definition) is 13. The Morgan fingerprint density at radius 2 is 1.23 bits per heavy atom. The zero-order valence-corrected chi connectivity index (χ0v) is 29.2. The van der Waals surface area contributed by atoms with Gasteiger partial charge >= 0.3 is 23.9 Å². The van der Waals surface area contributed by atoms with Gasteiger partial charge in [-0.3, -0.25) is 24.0 Å². The van der Waals surface area contributed by atoms with E-state index in [1.165, 1.54) is 11.8 Å². The molecule has 0 aromatic heterocycles. The number of allylic oxidation sites excluding steroid dienone is 2. The minimum absolute atomic E-state index is 0.0250. The predicted octanol–water partition coefficient (Wildman–Crippen LogP) is 4.81. The van der Waals surface area contributed by atoms with E-state index in [1.54, 1.807) is 0 Å². The summed E-state index contributed by atoms with van der Waals surface area (Å²) in [6.45, 7) is 7.07. The normalized spacial score (nSPS) is 18.4. The number of rotatable bonds is 21. The molecule has 0 aromatic carbocycles. The molecular formula is C30H48O9S4. The van der Waals surface area contributed by atoms with Gasteiger partial charge in [0, 0.05) is 40.6 Å². The van der Waals surface area contributed by atoms with E-state index in [4.69, 9.17) is 18.9 Å². The van der Waals surface area contributed by atoms with E-state index in [9.17, 15) is 24.0 Å². The maximum Gasteiger partial charge on any atom is 0.306 e. The average Bonchev–Trinajstić information content (AvgIpc) is 2.92. The van der Waals surface area contributed by atoms with Crippen molar-refractivity contribution in [1.82, 2.24) is 0 Å². The molecule has 0 fully saturated rings. The van der Waals surface area contributed by atoms with Gasteiger partial charge < -0.3 is 18.9 Å². The molecule has 0 bridgehead atoms. The molecule has 1 aliphatic carbocycles. The van der Waals surface area contributed by atoms with Gasteiger partial charge in [0.05, 0.1) is 25.7 Å². The Labute approximate surface area is 276 Å². The number of carbonyl (C=O) groups is 5. The van der Waals surface area contributed by atoms with E-state index in [0.717, 1.165) is 6.42 Å². The molecule has 1 rings (SSSR count). The van der Waals surface area contributed by atoms with Gasteiger partial charge in [0.15, 0.2) is 0 Å². The summed E-state index contributed by atoms with van der Waals surface area (Å²) in [7, 11) is 0. The summed E-state index contributed by atoms with van der Waals surface area (Å²) in [6.07, 6.45) is 5.77. The molecule has 13 heteroatoms. The maximum atomic E-state index is 13.1. The fourth-order valence-corrected chi connectivity index (χ4v) is 6.34. The molecule has 0 N–H and O–H groups in total. The molecule has 0 saturated carbocycles. The predicted molar refractivity (Wildman–Crippen MR) is 178 cm³/mol. The van der Waals surface area contributed by atoms with Crippen LogP contribution >= 0.6 is 49.6 Å². The molecule has 0 heterocycles. The largest absolute Gasteiger partial charge is 0.465 e. The summed E-state index contributed by atoms with van der Waals surface area (Å²) >= 11 is 13.6. The molecule has 0 amide bonds. The Kier molecular flexibility index (Phi) is 19.1. The van der Waals surface area contributed by atoms with Crippen molar-refractivity contribution in [3.63, 3.8) is 0 Å². The fraction of sp³-hybridized carbons (Fsp3) is 0.767. The SMILES string of the molecule is CC(CC(=O)C1C(C)C=CCC1(C)C)SCCC(=O)OCC(COC(=O)CCS)(COC(=O)CCS)COC(=O)CCS. The van der Waals surface area contributed by atoms with E-state index in [1.807, 2.05) is 6.92 Å². The van der Waals surface area contributed by atoms with Crippen LogP contribution in [-0.2, 0) is 42.9 Å². The third-order valence-electron chi connectivity index (χ3n) is 7.10. The Morgan fingerprint density at radius 3 is 1.63 bits per heavy atom. The van der Waals surface area contributed by atoms with Crippen LogP contribution in [0.2, 0.25) is 0 Å². The lowest BCUT2D eigenvalue weighted by Crippen LogP contribution is -2.44. The molecule has 3 unspecified atom stereocenters. The van der Waals surface area contributed by atoms with E-state index in [-0.39, 0.29) is 97.7 Å². The fourth-order valence-electron chi connectivity index (χ4n) is 4.82. The molecule has 0 radical (unpaired) electrons. The van der Waals surface area contributed by atoms with Gasteiger partial charge in [0.1, 0.15) is 37.6 Å². The number of esters is 4. The summed E-state index contributed by atoms with van der Waals surface area (Å²) < 4.78 is 21.6. The first-order valence-corrected chi connectivity index (χ1v) is 17.5. The smallest absolute Gasteiger partial charge is 0.306 e. The van der Waals surface area contributed by atoms with Crippen LogP contribution in [0.25, 0.3) is 0 Å². The molecule has 1 aliphatic rings. The van der Waals surface area contributed by atoms with Gasteiger partial charge in [0.2, 0.25) is 0 Å². The Morgan fingerprint density at radius 1 is 0.814 bits per heavy atom. The van der Waals surface area contributed by atoms with Gasteiger partial charge in [-0.1, -0.05) is 39.8 Å². The van der Waals surface area contributed by atoms with Gasteiger partial charge in [-0.05, 0) is 17.8 Å². The van der Waals surface area contributed by atoms with Crippen molar-refractivity contribution in [2.45, 2.75) is 71.5 Å². The number of ketones is 1. The van der Waals surface area contributed by atoms with Crippen molar-refractivity contribution in [2.75, 3.05) is 49.4 Å². The van der Waals surface area contributed by atoms with Gasteiger partial charge in [0.25, 0.3) is 0 Å². The van der Waals surface area contributed by atoms with Crippen molar-refractivity contribution < 1.29 is 42.9 Å². The average molecular weight is 681 g/mol. The monoisotopic (exact) mass is 680 g/mol. The lowest BCUT2D eigenvalue weighted by Gasteiger charge is -2.39. The molecule has 246 valence electrons. The second-order valence-corrected chi connectivity index (χ2v) is 14.5. The minimum Gasteiger partial charge on any atom is -0.465 e. The number of thiol groups is 3. The molecule has 9 nitrogen and oxygen atoms in total. The van der Waals surface area contributed by atoms with Crippen LogP contribution in [0.1, 0.15) is 66.2 Å². The number of Topliss-reactive ketones (excluding diaryl/α,β-unsaturated/α-hetero) is 1. The third kappa shape index (κ3) is 15.5. The summed E-state index contributed by atoms with van der Waals surface area (Å²) in [5, 5.41) is 0.0250. The van der Waals surface area contributed by atoms with Crippen LogP contribution in [0.15, 0.2) is 12.2 Å². The highest BCUT2D eigenvalue weighted by Gasteiger charge is 2.40. The van der Waals surface area contributed by atoms with E-state index >= 15 is 0 Å². The van der Waals surface area contributed by atoms with E-state index in [2.05, 4.69) is 70.8 Å². The highest BCUT2D eigenvalue weighted by molar-refractivity contribution is 7.99. The minimum atomic E-state index is -1.31. The highest BCUT2D eigenvalue weighted by atomic mass is 32.2. The quantitative estimate of drug-likeness (QED) is 0.0674. The van der Waals surface area contributed by atoms with E-state index < -0.39 is 29.3 Å². The van der Waals surface area contributed by atoms with Crippen molar-refractivity contribution in [3.8, 4) is 0 Å². The first kappa shape index (κ1) is 39.7. The molecule has 3 atom stereocenters. The number of carbonyl (C=O) groups excluding carboxylic acids is 5. The second kappa shape index (κ2) is 20.7. The van der Waals surface area contributed by atoms with Crippen molar-refractivity contribution in [3.05, 3.63) is 12.2 Å². The summed E-state index contributed by atoms with van der Waals surface area (Å²) in [6, 6.07) is 0. The van der Waals surface area contributed by atoms with Crippen molar-refractivity contribution in [1.29, 1.82) is 0 Å². The van der Waals surface area contributed by atoms with Crippen LogP contribution in [-0.4, -0.2) is 84.3 Å². The van der Waals surface area contributed by atoms with Crippen LogP contribution in [0.3, 0.4) is 0 Å². The molecule has 43 heavy (non-hydrogen) atoms. The highest BCUT2D eigenvalue weighted by Crippen LogP contribution is 2.42. The van der Waals surface area contributed by atoms with Crippen LogP contribution < -0.4 is 0 Å². The lowest BCUT2D eigenvalue weighted by molar-refractivity contribution is -0.170. The van der Waals surface area contributed by atoms with Gasteiger partial charge in [-0.15, -0.1) is 0 Å². The third-order valence-corrected chi connectivity index (χ3v) is 8.95. The van der Waals surface area contributed by atoms with Gasteiger partial charge in [-0.25, -0.2) is 0 Å². The first-order valence-electron chi connectivity index (χ1n) is 14.5. The van der Waals surface area contributed by atoms with Crippen LogP contribution in [0.5, 0.6) is 0 Å². The molecule has 0 aromatic rings. The number of hydrogen-bond donors (Lipinski definition) is 3. The Bertz CT molecular complexity index is 899. The van der Waals surface area contributed by atoms with Crippen molar-refractivity contribution in [2.24, 2.45) is 22.7 Å².